The first kappa shape index (κ1) is 26.2. The number of aromatic nitrogens is 3. The van der Waals surface area contributed by atoms with Crippen LogP contribution in [0.3, 0.4) is 0 Å². The van der Waals surface area contributed by atoms with E-state index in [-0.39, 0.29) is 34.8 Å². The van der Waals surface area contributed by atoms with Crippen molar-refractivity contribution >= 4 is 40.7 Å². The number of thiophene rings is 1. The van der Waals surface area contributed by atoms with Crippen LogP contribution in [0, 0.1) is 6.92 Å². The number of carbonyl (C=O) groups excluding carboxylic acids is 2. The lowest BCUT2D eigenvalue weighted by Crippen LogP contribution is -2.42. The Bertz CT molecular complexity index is 1440. The molecule has 3 aromatic heterocycles. The Hall–Kier alpha value is -3.43. The molecule has 0 saturated carbocycles. The Morgan fingerprint density at radius 2 is 1.95 bits per heavy atom. The number of hydrogen-bond donors (Lipinski definition) is 1. The van der Waals surface area contributed by atoms with Crippen molar-refractivity contribution in [2.24, 2.45) is 0 Å². The number of benzene rings is 1. The number of hydrogen-bond acceptors (Lipinski definition) is 6. The van der Waals surface area contributed by atoms with Crippen molar-refractivity contribution < 1.29 is 9.59 Å². The molecule has 2 amide bonds. The molecule has 1 atom stereocenters. The first-order valence-electron chi connectivity index (χ1n) is 12.5. The lowest BCUT2D eigenvalue weighted by Gasteiger charge is -2.24. The predicted molar refractivity (Wildman–Crippen MR) is 154 cm³/mol. The van der Waals surface area contributed by atoms with Crippen LogP contribution < -0.4 is 10.2 Å². The third-order valence-corrected chi connectivity index (χ3v) is 8.78. The second-order valence-electron chi connectivity index (χ2n) is 10.4. The monoisotopic (exact) mass is 545 g/mol. The summed E-state index contributed by atoms with van der Waals surface area (Å²) in [5, 5.41) is 10.1. The van der Waals surface area contributed by atoms with Crippen molar-refractivity contribution in [3.8, 4) is 5.69 Å². The van der Waals surface area contributed by atoms with Crippen LogP contribution >= 0.6 is 23.1 Å². The number of carbonyl (C=O) groups is 2. The molecule has 38 heavy (non-hydrogen) atoms. The number of anilines is 1. The molecule has 1 aliphatic heterocycles. The van der Waals surface area contributed by atoms with Gasteiger partial charge in [0, 0.05) is 34.8 Å². The highest BCUT2D eigenvalue weighted by molar-refractivity contribution is 8.00. The van der Waals surface area contributed by atoms with Crippen LogP contribution in [0.5, 0.6) is 0 Å². The minimum absolute atomic E-state index is 0.0654. The Morgan fingerprint density at radius 3 is 2.63 bits per heavy atom. The van der Waals surface area contributed by atoms with Gasteiger partial charge in [-0.1, -0.05) is 51.1 Å². The SMILES string of the molecule is Cc1ccccc1-n1nc(C(C)(C)C)c2c1N(CC(=O)NCc1cccnc1)C(=O)CSC2c1cccs1. The molecule has 1 aliphatic rings. The highest BCUT2D eigenvalue weighted by Crippen LogP contribution is 2.49. The van der Waals surface area contributed by atoms with Crippen LogP contribution in [0.25, 0.3) is 5.69 Å². The lowest BCUT2D eigenvalue weighted by atomic mass is 9.88. The fourth-order valence-electron chi connectivity index (χ4n) is 4.61. The maximum absolute atomic E-state index is 13.7. The van der Waals surface area contributed by atoms with Gasteiger partial charge >= 0.3 is 0 Å². The van der Waals surface area contributed by atoms with E-state index in [4.69, 9.17) is 5.10 Å². The van der Waals surface area contributed by atoms with Crippen molar-refractivity contribution in [2.45, 2.75) is 44.9 Å². The van der Waals surface area contributed by atoms with Gasteiger partial charge in [0.15, 0.2) is 0 Å². The summed E-state index contributed by atoms with van der Waals surface area (Å²) in [7, 11) is 0. The fraction of sp³-hybridized carbons (Fsp3) is 0.310. The van der Waals surface area contributed by atoms with Crippen LogP contribution in [0.4, 0.5) is 5.82 Å². The van der Waals surface area contributed by atoms with Gasteiger partial charge in [-0.25, -0.2) is 4.68 Å². The van der Waals surface area contributed by atoms with Crippen molar-refractivity contribution in [2.75, 3.05) is 17.2 Å². The normalized spacial score (nSPS) is 15.7. The third kappa shape index (κ3) is 5.26. The molecule has 196 valence electrons. The van der Waals surface area contributed by atoms with E-state index in [0.29, 0.717) is 12.4 Å². The van der Waals surface area contributed by atoms with E-state index in [9.17, 15) is 9.59 Å². The number of pyridine rings is 1. The van der Waals surface area contributed by atoms with Gasteiger partial charge in [-0.3, -0.25) is 19.5 Å². The molecule has 0 radical (unpaired) electrons. The zero-order chi connectivity index (χ0) is 26.9. The zero-order valence-corrected chi connectivity index (χ0v) is 23.6. The first-order valence-corrected chi connectivity index (χ1v) is 14.5. The number of thioether (sulfide) groups is 1. The summed E-state index contributed by atoms with van der Waals surface area (Å²) in [4.78, 5) is 33.8. The summed E-state index contributed by atoms with van der Waals surface area (Å²) < 4.78 is 1.88. The van der Waals surface area contributed by atoms with Crippen LogP contribution in [-0.4, -0.2) is 38.9 Å². The van der Waals surface area contributed by atoms with Gasteiger partial charge < -0.3 is 5.32 Å². The highest BCUT2D eigenvalue weighted by atomic mass is 32.2. The van der Waals surface area contributed by atoms with E-state index in [1.807, 2.05) is 54.1 Å². The molecule has 5 rings (SSSR count). The molecule has 1 N–H and O–H groups in total. The summed E-state index contributed by atoms with van der Waals surface area (Å²) in [6, 6.07) is 15.9. The summed E-state index contributed by atoms with van der Waals surface area (Å²) in [6.45, 7) is 8.72. The van der Waals surface area contributed by atoms with Gasteiger partial charge in [0.05, 0.1) is 22.4 Å². The Morgan fingerprint density at radius 1 is 1.13 bits per heavy atom. The Balaban J connectivity index is 1.64. The lowest BCUT2D eigenvalue weighted by molar-refractivity contribution is -0.123. The second-order valence-corrected chi connectivity index (χ2v) is 12.4. The van der Waals surface area contributed by atoms with Crippen LogP contribution in [0.2, 0.25) is 0 Å². The zero-order valence-electron chi connectivity index (χ0n) is 22.0. The number of nitrogens with zero attached hydrogens (tertiary/aromatic N) is 4. The van der Waals surface area contributed by atoms with Gasteiger partial charge in [0.2, 0.25) is 11.8 Å². The van der Waals surface area contributed by atoms with Crippen molar-refractivity contribution in [1.29, 1.82) is 0 Å². The molecule has 0 spiro atoms. The Kier molecular flexibility index (Phi) is 7.40. The van der Waals surface area contributed by atoms with E-state index < -0.39 is 0 Å². The average molecular weight is 546 g/mol. The molecule has 0 fully saturated rings. The van der Waals surface area contributed by atoms with Crippen molar-refractivity contribution in [3.63, 3.8) is 0 Å². The topological polar surface area (TPSA) is 80.1 Å². The molecule has 4 aromatic rings. The molecule has 0 saturated heterocycles. The minimum atomic E-state index is -0.282. The second kappa shape index (κ2) is 10.7. The smallest absolute Gasteiger partial charge is 0.240 e. The van der Waals surface area contributed by atoms with Crippen molar-refractivity contribution in [1.82, 2.24) is 20.1 Å². The van der Waals surface area contributed by atoms with Crippen LogP contribution in [-0.2, 0) is 21.5 Å². The van der Waals surface area contributed by atoms with Crippen LogP contribution in [0.15, 0.2) is 66.3 Å². The van der Waals surface area contributed by atoms with Crippen molar-refractivity contribution in [3.05, 3.63) is 93.6 Å². The first-order chi connectivity index (χ1) is 18.2. The van der Waals surface area contributed by atoms with E-state index in [2.05, 4.69) is 42.5 Å². The summed E-state index contributed by atoms with van der Waals surface area (Å²) >= 11 is 3.28. The standard InChI is InChI=1S/C29H31N5O2S2/c1-19-9-5-6-11-21(19)34-28-25(27(32-34)29(2,3)4)26(22-12-8-14-37-22)38-18-24(36)33(28)17-23(35)31-16-20-10-7-13-30-15-20/h5-15,26H,16-18H2,1-4H3,(H,31,35). The third-order valence-electron chi connectivity index (χ3n) is 6.46. The fourth-order valence-corrected chi connectivity index (χ4v) is 6.79. The number of rotatable bonds is 6. The van der Waals surface area contributed by atoms with E-state index >= 15 is 0 Å². The summed E-state index contributed by atoms with van der Waals surface area (Å²) in [6.07, 6.45) is 3.42. The number of aryl methyl sites for hydroxylation is 1. The molecule has 9 heteroatoms. The maximum atomic E-state index is 13.7. The quantitative estimate of drug-likeness (QED) is 0.350. The molecular formula is C29H31N5O2S2. The largest absolute Gasteiger partial charge is 0.350 e. The van der Waals surface area contributed by atoms with Gasteiger partial charge in [-0.15, -0.1) is 23.1 Å². The molecule has 7 nitrogen and oxygen atoms in total. The highest BCUT2D eigenvalue weighted by Gasteiger charge is 2.40. The van der Waals surface area contributed by atoms with E-state index in [1.165, 1.54) is 4.88 Å². The molecule has 4 heterocycles. The molecule has 1 aromatic carbocycles. The molecule has 0 aliphatic carbocycles. The van der Waals surface area contributed by atoms with Crippen LogP contribution in [0.1, 0.15) is 53.3 Å². The predicted octanol–water partition coefficient (Wildman–Crippen LogP) is 5.42. The number of para-hydroxylation sites is 1. The Labute approximate surface area is 231 Å². The minimum Gasteiger partial charge on any atom is -0.350 e. The van der Waals surface area contributed by atoms with Gasteiger partial charge in [0.25, 0.3) is 0 Å². The summed E-state index contributed by atoms with van der Waals surface area (Å²) in [5.74, 6) is 0.601. The average Bonchev–Trinajstić information content (AvgIpc) is 3.54. The molecular weight excluding hydrogens is 514 g/mol. The van der Waals surface area contributed by atoms with E-state index in [1.54, 1.807) is 40.4 Å². The number of nitrogens with one attached hydrogen (secondary N) is 1. The number of amides is 2. The number of fused-ring (bicyclic) bond motifs is 1. The van der Waals surface area contributed by atoms with Gasteiger partial charge in [-0.2, -0.15) is 5.10 Å². The van der Waals surface area contributed by atoms with E-state index in [0.717, 1.165) is 28.1 Å². The van der Waals surface area contributed by atoms with Gasteiger partial charge in [0.1, 0.15) is 12.4 Å². The molecule has 0 bridgehead atoms. The summed E-state index contributed by atoms with van der Waals surface area (Å²) in [5.41, 5.74) is 4.48. The molecule has 1 unspecified atom stereocenters. The maximum Gasteiger partial charge on any atom is 0.240 e. The van der Waals surface area contributed by atoms with Gasteiger partial charge in [-0.05, 0) is 41.6 Å².